The van der Waals surface area contributed by atoms with Gasteiger partial charge in [-0.15, -0.1) is 0 Å². The predicted octanol–water partition coefficient (Wildman–Crippen LogP) is 3.25. The normalized spacial score (nSPS) is 14.7. The summed E-state index contributed by atoms with van der Waals surface area (Å²) >= 11 is 0. The van der Waals surface area contributed by atoms with Crippen molar-refractivity contribution in [2.75, 3.05) is 18.5 Å². The second-order valence-electron chi connectivity index (χ2n) is 7.30. The summed E-state index contributed by atoms with van der Waals surface area (Å²) in [5, 5.41) is 2.36. The van der Waals surface area contributed by atoms with Gasteiger partial charge in [0.05, 0.1) is 12.2 Å². The Bertz CT molecular complexity index is 1100. The minimum Gasteiger partial charge on any atom is -0.344 e. The van der Waals surface area contributed by atoms with Crippen LogP contribution in [0.15, 0.2) is 78.6 Å². The van der Waals surface area contributed by atoms with Crippen LogP contribution in [0.3, 0.4) is 0 Å². The molecule has 0 saturated carbocycles. The van der Waals surface area contributed by atoms with Crippen LogP contribution in [0, 0.1) is 0 Å². The molecule has 0 atom stereocenters. The fraction of sp³-hybridized carbons (Fsp3) is 0.167. The van der Waals surface area contributed by atoms with Gasteiger partial charge in [-0.3, -0.25) is 15.0 Å². The second kappa shape index (κ2) is 9.21. The third kappa shape index (κ3) is 4.95. The van der Waals surface area contributed by atoms with E-state index in [1.165, 1.54) is 10.5 Å². The lowest BCUT2D eigenvalue weighted by Gasteiger charge is -2.18. The lowest BCUT2D eigenvalue weighted by Crippen LogP contribution is -2.27. The topological polar surface area (TPSA) is 78.4 Å². The number of hydrogen-bond acceptors (Lipinski definition) is 5. The van der Waals surface area contributed by atoms with Crippen molar-refractivity contribution in [3.05, 3.63) is 95.4 Å². The van der Waals surface area contributed by atoms with Gasteiger partial charge in [0, 0.05) is 19.8 Å². The SMILES string of the molecule is CN(CCc1ccccc1)c1nccc(C=C2C(=O)NC(=O)N2Cc2ccccc2)n1. The van der Waals surface area contributed by atoms with Crippen LogP contribution >= 0.6 is 0 Å². The molecule has 31 heavy (non-hydrogen) atoms. The highest BCUT2D eigenvalue weighted by molar-refractivity contribution is 6.13. The summed E-state index contributed by atoms with van der Waals surface area (Å²) < 4.78 is 0. The van der Waals surface area contributed by atoms with Gasteiger partial charge in [-0.1, -0.05) is 60.7 Å². The Morgan fingerprint density at radius 2 is 1.65 bits per heavy atom. The van der Waals surface area contributed by atoms with E-state index in [0.717, 1.165) is 18.5 Å². The zero-order valence-corrected chi connectivity index (χ0v) is 17.2. The van der Waals surface area contributed by atoms with Gasteiger partial charge in [-0.25, -0.2) is 14.8 Å². The van der Waals surface area contributed by atoms with Crippen LogP contribution < -0.4 is 10.2 Å². The number of carbonyl (C=O) groups excluding carboxylic acids is 2. The van der Waals surface area contributed by atoms with Gasteiger partial charge in [0.2, 0.25) is 5.95 Å². The summed E-state index contributed by atoms with van der Waals surface area (Å²) in [7, 11) is 1.93. The number of rotatable bonds is 7. The molecule has 1 saturated heterocycles. The minimum atomic E-state index is -0.436. The molecule has 1 N–H and O–H groups in total. The van der Waals surface area contributed by atoms with Crippen LogP contribution in [0.5, 0.6) is 0 Å². The molecule has 1 aliphatic heterocycles. The molecule has 0 aliphatic carbocycles. The summed E-state index contributed by atoms with van der Waals surface area (Å²) in [5.41, 5.74) is 3.01. The molecule has 7 heteroatoms. The molecule has 0 spiro atoms. The van der Waals surface area contributed by atoms with Crippen LogP contribution in [0.25, 0.3) is 6.08 Å². The molecule has 1 aromatic heterocycles. The summed E-state index contributed by atoms with van der Waals surface area (Å²) in [5.74, 6) is 0.128. The molecule has 1 aliphatic rings. The number of anilines is 1. The van der Waals surface area contributed by atoms with Crippen molar-refractivity contribution < 1.29 is 9.59 Å². The van der Waals surface area contributed by atoms with E-state index >= 15 is 0 Å². The van der Waals surface area contributed by atoms with Crippen LogP contribution in [0.1, 0.15) is 16.8 Å². The number of aromatic nitrogens is 2. The molecule has 3 aromatic rings. The molecule has 2 aromatic carbocycles. The minimum absolute atomic E-state index is 0.269. The summed E-state index contributed by atoms with van der Waals surface area (Å²) in [4.78, 5) is 37.0. The van der Waals surface area contributed by atoms with Crippen molar-refractivity contribution in [1.29, 1.82) is 0 Å². The average molecular weight is 413 g/mol. The van der Waals surface area contributed by atoms with Crippen molar-refractivity contribution in [2.24, 2.45) is 0 Å². The lowest BCUT2D eigenvalue weighted by atomic mass is 10.1. The maximum atomic E-state index is 12.4. The fourth-order valence-electron chi connectivity index (χ4n) is 3.33. The van der Waals surface area contributed by atoms with E-state index in [9.17, 15) is 9.59 Å². The van der Waals surface area contributed by atoms with Crippen LogP contribution in [0.2, 0.25) is 0 Å². The Morgan fingerprint density at radius 1 is 0.968 bits per heavy atom. The molecular weight excluding hydrogens is 390 g/mol. The largest absolute Gasteiger partial charge is 0.344 e. The van der Waals surface area contributed by atoms with Gasteiger partial charge in [0.25, 0.3) is 5.91 Å². The number of nitrogens with zero attached hydrogens (tertiary/aromatic N) is 4. The van der Waals surface area contributed by atoms with Crippen molar-refractivity contribution in [3.63, 3.8) is 0 Å². The number of likely N-dealkylation sites (N-methyl/N-ethyl adjacent to an activating group) is 1. The molecule has 0 unspecified atom stereocenters. The third-order valence-corrected chi connectivity index (χ3v) is 5.04. The van der Waals surface area contributed by atoms with E-state index in [1.54, 1.807) is 18.3 Å². The van der Waals surface area contributed by atoms with Crippen molar-refractivity contribution >= 4 is 24.0 Å². The zero-order valence-electron chi connectivity index (χ0n) is 17.2. The Morgan fingerprint density at radius 3 is 2.35 bits per heavy atom. The van der Waals surface area contributed by atoms with E-state index < -0.39 is 11.9 Å². The first-order valence-corrected chi connectivity index (χ1v) is 10.1. The molecular formula is C24H23N5O2. The Hall–Kier alpha value is -4.00. The summed E-state index contributed by atoms with van der Waals surface area (Å²) in [6, 6.07) is 21.0. The fourth-order valence-corrected chi connectivity index (χ4v) is 3.33. The van der Waals surface area contributed by atoms with Gasteiger partial charge < -0.3 is 4.90 Å². The average Bonchev–Trinajstić information content (AvgIpc) is 3.06. The van der Waals surface area contributed by atoms with Crippen molar-refractivity contribution in [3.8, 4) is 0 Å². The number of amides is 3. The van der Waals surface area contributed by atoms with E-state index in [1.807, 2.05) is 60.5 Å². The highest BCUT2D eigenvalue weighted by Gasteiger charge is 2.33. The van der Waals surface area contributed by atoms with E-state index in [-0.39, 0.29) is 5.70 Å². The quantitative estimate of drug-likeness (QED) is 0.475. The Labute approximate surface area is 181 Å². The van der Waals surface area contributed by atoms with E-state index in [4.69, 9.17) is 0 Å². The monoisotopic (exact) mass is 413 g/mol. The van der Waals surface area contributed by atoms with E-state index in [0.29, 0.717) is 18.2 Å². The molecule has 2 heterocycles. The number of imide groups is 1. The second-order valence-corrected chi connectivity index (χ2v) is 7.30. The Kier molecular flexibility index (Phi) is 6.03. The van der Waals surface area contributed by atoms with Crippen LogP contribution in [0.4, 0.5) is 10.7 Å². The molecule has 156 valence electrons. The molecule has 0 radical (unpaired) electrons. The Balaban J connectivity index is 1.51. The van der Waals surface area contributed by atoms with Gasteiger partial charge in [-0.05, 0) is 29.7 Å². The van der Waals surface area contributed by atoms with Crippen molar-refractivity contribution in [2.45, 2.75) is 13.0 Å². The summed E-state index contributed by atoms with van der Waals surface area (Å²) in [6.45, 7) is 1.06. The first-order valence-electron chi connectivity index (χ1n) is 10.1. The smallest absolute Gasteiger partial charge is 0.329 e. The van der Waals surface area contributed by atoms with Crippen LogP contribution in [-0.2, 0) is 17.8 Å². The first-order chi connectivity index (χ1) is 15.1. The molecule has 1 fully saturated rings. The summed E-state index contributed by atoms with van der Waals surface area (Å²) in [6.07, 6.45) is 4.15. The maximum Gasteiger partial charge on any atom is 0.329 e. The zero-order chi connectivity index (χ0) is 21.6. The highest BCUT2D eigenvalue weighted by Crippen LogP contribution is 2.20. The van der Waals surface area contributed by atoms with Crippen molar-refractivity contribution in [1.82, 2.24) is 20.2 Å². The number of hydrogen-bond donors (Lipinski definition) is 1. The molecule has 4 rings (SSSR count). The number of benzene rings is 2. The third-order valence-electron chi connectivity index (χ3n) is 5.04. The molecule has 0 bridgehead atoms. The van der Waals surface area contributed by atoms with Gasteiger partial charge in [0.15, 0.2) is 0 Å². The van der Waals surface area contributed by atoms with Gasteiger partial charge in [-0.2, -0.15) is 0 Å². The first kappa shape index (κ1) is 20.3. The molecule has 7 nitrogen and oxygen atoms in total. The van der Waals surface area contributed by atoms with Gasteiger partial charge in [0.1, 0.15) is 5.70 Å². The number of nitrogens with one attached hydrogen (secondary N) is 1. The standard InChI is InChI=1S/C24H23N5O2/c1-28(15-13-18-8-4-2-5-9-18)23-25-14-12-20(26-23)16-21-22(30)27-24(31)29(21)17-19-10-6-3-7-11-19/h2-12,14,16H,13,15,17H2,1H3,(H,27,30,31). The maximum absolute atomic E-state index is 12.4. The number of carbonyl (C=O) groups is 2. The highest BCUT2D eigenvalue weighted by atomic mass is 16.2. The predicted molar refractivity (Wildman–Crippen MR) is 119 cm³/mol. The molecule has 3 amide bonds. The number of urea groups is 1. The van der Waals surface area contributed by atoms with Crippen LogP contribution in [-0.4, -0.2) is 40.4 Å². The van der Waals surface area contributed by atoms with E-state index in [2.05, 4.69) is 27.4 Å². The van der Waals surface area contributed by atoms with Gasteiger partial charge >= 0.3 is 6.03 Å². The lowest BCUT2D eigenvalue weighted by molar-refractivity contribution is -0.116.